The van der Waals surface area contributed by atoms with Crippen LogP contribution in [0.1, 0.15) is 12.5 Å². The third-order valence-electron chi connectivity index (χ3n) is 2.03. The number of nitrogens with one attached hydrogen (secondary N) is 1. The van der Waals surface area contributed by atoms with Crippen LogP contribution in [-0.2, 0) is 9.59 Å². The van der Waals surface area contributed by atoms with Crippen molar-refractivity contribution < 1.29 is 19.6 Å². The Balaban J connectivity index is 3.26. The molecule has 0 radical (unpaired) electrons. The number of halogens is 1. The lowest BCUT2D eigenvalue weighted by atomic mass is 10.1. The number of carboxylic acids is 1. The maximum Gasteiger partial charge on any atom is 0.352 e. The molecule has 0 saturated heterocycles. The smallest absolute Gasteiger partial charge is 0.352 e. The third-order valence-corrected chi connectivity index (χ3v) is 2.38. The zero-order chi connectivity index (χ0) is 14.6. The summed E-state index contributed by atoms with van der Waals surface area (Å²) in [6.07, 6.45) is 1.05. The number of carboxylic acid groups (broad SMARTS) is 1. The highest BCUT2D eigenvalue weighted by Gasteiger charge is 2.13. The van der Waals surface area contributed by atoms with Gasteiger partial charge in [0.2, 0.25) is 5.91 Å². The van der Waals surface area contributed by atoms with E-state index in [0.717, 1.165) is 19.1 Å². The van der Waals surface area contributed by atoms with Crippen molar-refractivity contribution in [3.8, 4) is 0 Å². The van der Waals surface area contributed by atoms with Crippen LogP contribution in [0.5, 0.6) is 0 Å². The van der Waals surface area contributed by atoms with Crippen molar-refractivity contribution in [1.82, 2.24) is 5.32 Å². The SMILES string of the molecule is CC(=O)N/C(=C\c1cc([N+](=O)[O-])ccc1Cl)C(=O)O. The molecule has 0 aliphatic rings. The average molecular weight is 285 g/mol. The van der Waals surface area contributed by atoms with E-state index in [1.165, 1.54) is 12.1 Å². The number of nitrogens with zero attached hydrogens (tertiary/aromatic N) is 1. The highest BCUT2D eigenvalue weighted by atomic mass is 35.5. The maximum absolute atomic E-state index is 10.9. The molecule has 7 nitrogen and oxygen atoms in total. The molecule has 1 amide bonds. The standard InChI is InChI=1S/C11H9ClN2O5/c1-6(15)13-10(11(16)17)5-7-4-8(14(18)19)2-3-9(7)12/h2-5H,1H3,(H,13,15)(H,16,17)/b10-5-. The number of nitro groups is 1. The minimum atomic E-state index is -1.38. The van der Waals surface area contributed by atoms with E-state index >= 15 is 0 Å². The molecular formula is C11H9ClN2O5. The molecule has 100 valence electrons. The summed E-state index contributed by atoms with van der Waals surface area (Å²) in [5.74, 6) is -1.95. The fraction of sp³-hybridized carbons (Fsp3) is 0.0909. The van der Waals surface area contributed by atoms with Crippen LogP contribution in [0.25, 0.3) is 6.08 Å². The summed E-state index contributed by atoms with van der Waals surface area (Å²) >= 11 is 5.81. The van der Waals surface area contributed by atoms with Crippen LogP contribution in [0.15, 0.2) is 23.9 Å². The van der Waals surface area contributed by atoms with E-state index < -0.39 is 22.5 Å². The van der Waals surface area contributed by atoms with Gasteiger partial charge in [0.05, 0.1) is 4.92 Å². The van der Waals surface area contributed by atoms with Gasteiger partial charge in [-0.05, 0) is 12.1 Å². The predicted molar refractivity (Wildman–Crippen MR) is 67.5 cm³/mol. The second-order valence-corrected chi connectivity index (χ2v) is 3.91. The predicted octanol–water partition coefficient (Wildman–Crippen LogP) is 1.81. The van der Waals surface area contributed by atoms with E-state index in [0.29, 0.717) is 0 Å². The van der Waals surface area contributed by atoms with Crippen molar-refractivity contribution in [3.05, 3.63) is 44.6 Å². The summed E-state index contributed by atoms with van der Waals surface area (Å²) < 4.78 is 0. The second kappa shape index (κ2) is 5.96. The van der Waals surface area contributed by atoms with Crippen molar-refractivity contribution >= 4 is 35.2 Å². The molecule has 1 aromatic carbocycles. The van der Waals surface area contributed by atoms with Gasteiger partial charge in [-0.15, -0.1) is 0 Å². The van der Waals surface area contributed by atoms with Gasteiger partial charge in [-0.1, -0.05) is 11.6 Å². The lowest BCUT2D eigenvalue weighted by Gasteiger charge is -2.04. The number of carbonyl (C=O) groups is 2. The summed E-state index contributed by atoms with van der Waals surface area (Å²) in [6.45, 7) is 1.14. The number of hydrogen-bond donors (Lipinski definition) is 2. The molecule has 0 heterocycles. The fourth-order valence-corrected chi connectivity index (χ4v) is 1.42. The molecule has 0 bridgehead atoms. The zero-order valence-electron chi connectivity index (χ0n) is 9.71. The summed E-state index contributed by atoms with van der Waals surface area (Å²) in [6, 6.07) is 3.59. The molecule has 8 heteroatoms. The average Bonchev–Trinajstić information content (AvgIpc) is 2.29. The molecule has 0 atom stereocenters. The lowest BCUT2D eigenvalue weighted by Crippen LogP contribution is -2.24. The monoisotopic (exact) mass is 284 g/mol. The molecule has 1 rings (SSSR count). The van der Waals surface area contributed by atoms with Crippen molar-refractivity contribution in [2.75, 3.05) is 0 Å². The molecule has 0 aromatic heterocycles. The quantitative estimate of drug-likeness (QED) is 0.498. The first-order valence-corrected chi connectivity index (χ1v) is 5.35. The Labute approximate surface area is 112 Å². The van der Waals surface area contributed by atoms with Gasteiger partial charge in [0.15, 0.2) is 0 Å². The highest BCUT2D eigenvalue weighted by molar-refractivity contribution is 6.32. The molecule has 2 N–H and O–H groups in total. The van der Waals surface area contributed by atoms with Crippen LogP contribution in [0.3, 0.4) is 0 Å². The van der Waals surface area contributed by atoms with E-state index in [4.69, 9.17) is 16.7 Å². The number of benzene rings is 1. The van der Waals surface area contributed by atoms with Crippen LogP contribution in [-0.4, -0.2) is 21.9 Å². The van der Waals surface area contributed by atoms with Crippen molar-refractivity contribution in [2.45, 2.75) is 6.92 Å². The molecule has 0 spiro atoms. The number of carbonyl (C=O) groups excluding carboxylic acids is 1. The zero-order valence-corrected chi connectivity index (χ0v) is 10.5. The van der Waals surface area contributed by atoms with Crippen molar-refractivity contribution in [3.63, 3.8) is 0 Å². The first-order chi connectivity index (χ1) is 8.81. The van der Waals surface area contributed by atoms with E-state index in [1.54, 1.807) is 0 Å². The van der Waals surface area contributed by atoms with Crippen LogP contribution in [0, 0.1) is 10.1 Å². The van der Waals surface area contributed by atoms with Gasteiger partial charge in [-0.2, -0.15) is 0 Å². The van der Waals surface area contributed by atoms with Gasteiger partial charge in [-0.25, -0.2) is 4.79 Å². The largest absolute Gasteiger partial charge is 0.477 e. The Morgan fingerprint density at radius 2 is 2.11 bits per heavy atom. The van der Waals surface area contributed by atoms with Crippen molar-refractivity contribution in [1.29, 1.82) is 0 Å². The van der Waals surface area contributed by atoms with Gasteiger partial charge in [0.25, 0.3) is 5.69 Å². The Kier molecular flexibility index (Phi) is 4.60. The minimum absolute atomic E-state index is 0.127. The summed E-state index contributed by atoms with van der Waals surface area (Å²) in [5.41, 5.74) is -0.528. The summed E-state index contributed by atoms with van der Waals surface area (Å²) in [4.78, 5) is 31.7. The molecule has 19 heavy (non-hydrogen) atoms. The van der Waals surface area contributed by atoms with Gasteiger partial charge in [0, 0.05) is 29.6 Å². The Morgan fingerprint density at radius 3 is 2.58 bits per heavy atom. The van der Waals surface area contributed by atoms with E-state index in [9.17, 15) is 19.7 Å². The molecule has 0 aliphatic carbocycles. The van der Waals surface area contributed by atoms with Crippen LogP contribution in [0.4, 0.5) is 5.69 Å². The maximum atomic E-state index is 10.9. The Hall–Kier alpha value is -2.41. The minimum Gasteiger partial charge on any atom is -0.477 e. The van der Waals surface area contributed by atoms with Gasteiger partial charge >= 0.3 is 5.97 Å². The first kappa shape index (κ1) is 14.7. The van der Waals surface area contributed by atoms with Crippen molar-refractivity contribution in [2.24, 2.45) is 0 Å². The Morgan fingerprint density at radius 1 is 1.47 bits per heavy atom. The lowest BCUT2D eigenvalue weighted by molar-refractivity contribution is -0.384. The number of amides is 1. The number of hydrogen-bond acceptors (Lipinski definition) is 4. The molecule has 0 fully saturated rings. The van der Waals surface area contributed by atoms with E-state index in [-0.39, 0.29) is 16.3 Å². The fourth-order valence-electron chi connectivity index (χ4n) is 1.25. The molecule has 0 saturated carbocycles. The number of nitro benzene ring substituents is 1. The van der Waals surface area contributed by atoms with E-state index in [1.807, 2.05) is 0 Å². The summed E-state index contributed by atoms with van der Waals surface area (Å²) in [5, 5.41) is 21.7. The molecule has 0 aliphatic heterocycles. The number of aliphatic carboxylic acids is 1. The molecule has 0 unspecified atom stereocenters. The van der Waals surface area contributed by atoms with Gasteiger partial charge in [0.1, 0.15) is 5.70 Å². The van der Waals surface area contributed by atoms with Crippen LogP contribution in [0.2, 0.25) is 5.02 Å². The number of rotatable bonds is 4. The first-order valence-electron chi connectivity index (χ1n) is 4.97. The van der Waals surface area contributed by atoms with Crippen LogP contribution < -0.4 is 5.32 Å². The molecule has 1 aromatic rings. The van der Waals surface area contributed by atoms with Gasteiger partial charge < -0.3 is 10.4 Å². The normalized spacial score (nSPS) is 10.9. The molecular weight excluding hydrogens is 276 g/mol. The topological polar surface area (TPSA) is 110 Å². The van der Waals surface area contributed by atoms with Crippen LogP contribution >= 0.6 is 11.6 Å². The summed E-state index contributed by atoms with van der Waals surface area (Å²) in [7, 11) is 0. The van der Waals surface area contributed by atoms with Gasteiger partial charge in [-0.3, -0.25) is 14.9 Å². The Bertz CT molecular complexity index is 582. The highest BCUT2D eigenvalue weighted by Crippen LogP contribution is 2.23. The second-order valence-electron chi connectivity index (χ2n) is 3.51. The number of non-ortho nitro benzene ring substituents is 1. The third kappa shape index (κ3) is 4.07. The van der Waals surface area contributed by atoms with E-state index in [2.05, 4.69) is 5.32 Å².